The van der Waals surface area contributed by atoms with Gasteiger partial charge in [0.15, 0.2) is 0 Å². The topological polar surface area (TPSA) is 57.6 Å². The van der Waals surface area contributed by atoms with E-state index in [2.05, 4.69) is 6.92 Å². The maximum Gasteiger partial charge on any atom is 0.326 e. The number of aryl methyl sites for hydroxylation is 1. The predicted molar refractivity (Wildman–Crippen MR) is 87.3 cm³/mol. The highest BCUT2D eigenvalue weighted by Crippen LogP contribution is 2.25. The lowest BCUT2D eigenvalue weighted by atomic mass is 9.93. The molecule has 2 aromatic rings. The molecule has 1 aliphatic heterocycles. The molecular formula is C19H19NO3. The second-order valence-corrected chi connectivity index (χ2v) is 5.81. The zero-order valence-corrected chi connectivity index (χ0v) is 13.0. The Morgan fingerprint density at radius 2 is 1.74 bits per heavy atom. The lowest BCUT2D eigenvalue weighted by Crippen LogP contribution is -2.48. The number of carbonyl (C=O) groups excluding carboxylic acids is 1. The molecule has 1 amide bonds. The van der Waals surface area contributed by atoms with Crippen molar-refractivity contribution in [3.8, 4) is 0 Å². The molecule has 4 nitrogen and oxygen atoms in total. The van der Waals surface area contributed by atoms with Crippen molar-refractivity contribution >= 4 is 11.9 Å². The minimum Gasteiger partial charge on any atom is -0.480 e. The van der Waals surface area contributed by atoms with E-state index in [-0.39, 0.29) is 5.91 Å². The molecule has 0 spiro atoms. The van der Waals surface area contributed by atoms with E-state index < -0.39 is 12.0 Å². The Morgan fingerprint density at radius 3 is 2.35 bits per heavy atom. The fourth-order valence-corrected chi connectivity index (χ4v) is 3.01. The van der Waals surface area contributed by atoms with Crippen LogP contribution in [0.1, 0.15) is 34.0 Å². The average molecular weight is 309 g/mol. The normalized spacial score (nSPS) is 16.7. The quantitative estimate of drug-likeness (QED) is 0.948. The van der Waals surface area contributed by atoms with E-state index >= 15 is 0 Å². The Balaban J connectivity index is 1.92. The largest absolute Gasteiger partial charge is 0.480 e. The molecule has 0 saturated heterocycles. The minimum atomic E-state index is -0.960. The van der Waals surface area contributed by atoms with E-state index in [0.717, 1.165) is 23.1 Å². The van der Waals surface area contributed by atoms with Crippen molar-refractivity contribution in [2.24, 2.45) is 0 Å². The number of amides is 1. The fourth-order valence-electron chi connectivity index (χ4n) is 3.01. The highest BCUT2D eigenvalue weighted by atomic mass is 16.4. The van der Waals surface area contributed by atoms with Crippen LogP contribution in [-0.4, -0.2) is 27.9 Å². The van der Waals surface area contributed by atoms with Crippen LogP contribution in [0.4, 0.5) is 0 Å². The third kappa shape index (κ3) is 2.97. The number of aliphatic carboxylic acids is 1. The van der Waals surface area contributed by atoms with Gasteiger partial charge < -0.3 is 10.0 Å². The van der Waals surface area contributed by atoms with Crippen molar-refractivity contribution in [3.63, 3.8) is 0 Å². The van der Waals surface area contributed by atoms with Crippen molar-refractivity contribution in [1.82, 2.24) is 4.90 Å². The monoisotopic (exact) mass is 309 g/mol. The van der Waals surface area contributed by atoms with Gasteiger partial charge in [0.2, 0.25) is 0 Å². The lowest BCUT2D eigenvalue weighted by Gasteiger charge is -2.34. The Bertz CT molecular complexity index is 737. The molecule has 0 bridgehead atoms. The summed E-state index contributed by atoms with van der Waals surface area (Å²) < 4.78 is 0. The third-order valence-electron chi connectivity index (χ3n) is 4.40. The molecule has 0 fully saturated rings. The van der Waals surface area contributed by atoms with E-state index in [4.69, 9.17) is 0 Å². The van der Waals surface area contributed by atoms with Crippen molar-refractivity contribution < 1.29 is 14.7 Å². The van der Waals surface area contributed by atoms with Crippen LogP contribution in [0.2, 0.25) is 0 Å². The zero-order valence-electron chi connectivity index (χ0n) is 13.0. The van der Waals surface area contributed by atoms with Gasteiger partial charge in [-0.05, 0) is 35.2 Å². The smallest absolute Gasteiger partial charge is 0.326 e. The second-order valence-electron chi connectivity index (χ2n) is 5.81. The summed E-state index contributed by atoms with van der Waals surface area (Å²) in [6.07, 6.45) is 1.26. The number of carboxylic acid groups (broad SMARTS) is 1. The summed E-state index contributed by atoms with van der Waals surface area (Å²) in [6, 6.07) is 14.3. The maximum atomic E-state index is 12.8. The molecule has 1 unspecified atom stereocenters. The molecule has 1 N–H and O–H groups in total. The second kappa shape index (κ2) is 6.24. The predicted octanol–water partition coefficient (Wildman–Crippen LogP) is 2.90. The summed E-state index contributed by atoms with van der Waals surface area (Å²) in [5, 5.41) is 9.52. The molecule has 1 aliphatic rings. The molecule has 4 heteroatoms. The van der Waals surface area contributed by atoms with E-state index in [1.165, 1.54) is 4.90 Å². The van der Waals surface area contributed by atoms with Gasteiger partial charge in [-0.2, -0.15) is 0 Å². The summed E-state index contributed by atoms with van der Waals surface area (Å²) in [7, 11) is 0. The first-order valence-corrected chi connectivity index (χ1v) is 7.79. The zero-order chi connectivity index (χ0) is 16.4. The summed E-state index contributed by atoms with van der Waals surface area (Å²) in [5.74, 6) is -1.19. The van der Waals surface area contributed by atoms with Gasteiger partial charge >= 0.3 is 5.97 Å². The number of fused-ring (bicyclic) bond motifs is 1. The Kier molecular flexibility index (Phi) is 4.15. The third-order valence-corrected chi connectivity index (χ3v) is 4.40. The van der Waals surface area contributed by atoms with Crippen molar-refractivity contribution in [1.29, 1.82) is 0 Å². The summed E-state index contributed by atoms with van der Waals surface area (Å²) >= 11 is 0. The number of nitrogens with zero attached hydrogens (tertiary/aromatic N) is 1. The molecule has 1 atom stereocenters. The van der Waals surface area contributed by atoms with Crippen LogP contribution in [-0.2, 0) is 24.2 Å². The molecule has 118 valence electrons. The minimum absolute atomic E-state index is 0.227. The van der Waals surface area contributed by atoms with Gasteiger partial charge in [-0.15, -0.1) is 0 Å². The van der Waals surface area contributed by atoms with Gasteiger partial charge in [0.05, 0.1) is 0 Å². The van der Waals surface area contributed by atoms with Crippen LogP contribution in [0, 0.1) is 0 Å². The fraction of sp³-hybridized carbons (Fsp3) is 0.263. The Hall–Kier alpha value is -2.62. The van der Waals surface area contributed by atoms with Crippen molar-refractivity contribution in [3.05, 3.63) is 70.8 Å². The SMILES string of the molecule is CCc1ccc(C(=O)N2Cc3ccccc3CC2C(=O)O)cc1. The highest BCUT2D eigenvalue weighted by molar-refractivity contribution is 5.97. The number of carbonyl (C=O) groups is 2. The van der Waals surface area contributed by atoms with Crippen LogP contribution in [0.15, 0.2) is 48.5 Å². The highest BCUT2D eigenvalue weighted by Gasteiger charge is 2.34. The lowest BCUT2D eigenvalue weighted by molar-refractivity contribution is -0.142. The van der Waals surface area contributed by atoms with Gasteiger partial charge in [0.1, 0.15) is 6.04 Å². The van der Waals surface area contributed by atoms with Gasteiger partial charge in [-0.3, -0.25) is 4.79 Å². The standard InChI is InChI=1S/C19H19NO3/c1-2-13-7-9-14(10-8-13)18(21)20-12-16-6-4-3-5-15(16)11-17(20)19(22)23/h3-10,17H,2,11-12H2,1H3,(H,22,23). The molecule has 3 rings (SSSR count). The first kappa shape index (κ1) is 15.3. The molecule has 0 radical (unpaired) electrons. The number of hydrogen-bond donors (Lipinski definition) is 1. The van der Waals surface area contributed by atoms with Crippen molar-refractivity contribution in [2.45, 2.75) is 32.4 Å². The van der Waals surface area contributed by atoms with Crippen LogP contribution in [0.3, 0.4) is 0 Å². The van der Waals surface area contributed by atoms with E-state index in [9.17, 15) is 14.7 Å². The van der Waals surface area contributed by atoms with Crippen LogP contribution < -0.4 is 0 Å². The van der Waals surface area contributed by atoms with Crippen LogP contribution in [0.5, 0.6) is 0 Å². The Labute approximate surface area is 135 Å². The molecule has 0 aliphatic carbocycles. The van der Waals surface area contributed by atoms with E-state index in [1.54, 1.807) is 12.1 Å². The number of benzene rings is 2. The van der Waals surface area contributed by atoms with Gasteiger partial charge in [-0.1, -0.05) is 43.3 Å². The average Bonchev–Trinajstić information content (AvgIpc) is 2.60. The molecule has 0 aromatic heterocycles. The molecule has 23 heavy (non-hydrogen) atoms. The van der Waals surface area contributed by atoms with Crippen LogP contribution in [0.25, 0.3) is 0 Å². The summed E-state index contributed by atoms with van der Waals surface area (Å²) in [4.78, 5) is 25.9. The first-order chi connectivity index (χ1) is 11.1. The van der Waals surface area contributed by atoms with Gasteiger partial charge in [0.25, 0.3) is 5.91 Å². The van der Waals surface area contributed by atoms with Crippen molar-refractivity contribution in [2.75, 3.05) is 0 Å². The summed E-state index contributed by atoms with van der Waals surface area (Å²) in [6.45, 7) is 2.39. The summed E-state index contributed by atoms with van der Waals surface area (Å²) in [5.41, 5.74) is 3.71. The molecule has 0 saturated carbocycles. The molecule has 1 heterocycles. The molecular weight excluding hydrogens is 290 g/mol. The number of carboxylic acids is 1. The maximum absolute atomic E-state index is 12.8. The first-order valence-electron chi connectivity index (χ1n) is 7.79. The number of hydrogen-bond acceptors (Lipinski definition) is 2. The van der Waals surface area contributed by atoms with E-state index in [1.807, 2.05) is 36.4 Å². The van der Waals surface area contributed by atoms with E-state index in [0.29, 0.717) is 18.5 Å². The van der Waals surface area contributed by atoms with Gasteiger partial charge in [0, 0.05) is 18.5 Å². The Morgan fingerprint density at radius 1 is 1.09 bits per heavy atom. The molecule has 2 aromatic carbocycles. The number of rotatable bonds is 3. The van der Waals surface area contributed by atoms with Crippen LogP contribution >= 0.6 is 0 Å². The van der Waals surface area contributed by atoms with Gasteiger partial charge in [-0.25, -0.2) is 4.79 Å².